The number of alkyl halides is 3. The van der Waals surface area contributed by atoms with E-state index < -0.39 is 36.0 Å². The average Bonchev–Trinajstić information content (AvgIpc) is 3.22. The highest BCUT2D eigenvalue weighted by Crippen LogP contribution is 2.41. The number of nitrogens with zero attached hydrogens (tertiary/aromatic N) is 4. The molecule has 2 aromatic heterocycles. The molecule has 9 nitrogen and oxygen atoms in total. The van der Waals surface area contributed by atoms with Gasteiger partial charge in [-0.1, -0.05) is 0 Å². The van der Waals surface area contributed by atoms with Crippen LogP contribution in [0.3, 0.4) is 0 Å². The van der Waals surface area contributed by atoms with Gasteiger partial charge in [0, 0.05) is 29.9 Å². The van der Waals surface area contributed by atoms with Crippen LogP contribution in [0.15, 0.2) is 59.5 Å². The van der Waals surface area contributed by atoms with Crippen LogP contribution in [0.2, 0.25) is 0 Å². The normalized spacial score (nSPS) is 13.8. The van der Waals surface area contributed by atoms with Crippen LogP contribution in [0.5, 0.6) is 23.0 Å². The van der Waals surface area contributed by atoms with Gasteiger partial charge in [0.2, 0.25) is 0 Å². The van der Waals surface area contributed by atoms with Gasteiger partial charge in [-0.2, -0.15) is 13.2 Å². The fraction of sp³-hybridized carbons (Fsp3) is 0.154. The van der Waals surface area contributed by atoms with Crippen molar-refractivity contribution < 1.29 is 41.4 Å². The molecule has 14 heteroatoms. The molecule has 0 bridgehead atoms. The quantitative estimate of drug-likeness (QED) is 0.184. The monoisotopic (exact) mass is 620 g/mol. The predicted octanol–water partition coefficient (Wildman–Crippen LogP) is 6.33. The van der Waals surface area contributed by atoms with E-state index in [4.69, 9.17) is 14.2 Å². The third kappa shape index (κ3) is 4.85. The lowest BCUT2D eigenvalue weighted by molar-refractivity contribution is -0.137. The first-order chi connectivity index (χ1) is 19.0. The van der Waals surface area contributed by atoms with Crippen molar-refractivity contribution in [1.29, 1.82) is 0 Å². The number of carbonyl (C=O) groups excluding carboxylic acids is 2. The van der Waals surface area contributed by atoms with Crippen molar-refractivity contribution >= 4 is 50.1 Å². The van der Waals surface area contributed by atoms with Gasteiger partial charge in [-0.15, -0.1) is 0 Å². The summed E-state index contributed by atoms with van der Waals surface area (Å²) in [5, 5.41) is 0.491. The fourth-order valence-corrected chi connectivity index (χ4v) is 4.61. The Labute approximate surface area is 232 Å². The van der Waals surface area contributed by atoms with Crippen LogP contribution in [0.25, 0.3) is 10.9 Å². The maximum absolute atomic E-state index is 15.4. The van der Waals surface area contributed by atoms with Gasteiger partial charge >= 0.3 is 12.2 Å². The molecule has 0 saturated carbocycles. The van der Waals surface area contributed by atoms with E-state index in [9.17, 15) is 22.8 Å². The Morgan fingerprint density at radius 3 is 2.35 bits per heavy atom. The number of aromatic nitrogens is 2. The molecular weight excluding hydrogens is 604 g/mol. The van der Waals surface area contributed by atoms with Crippen molar-refractivity contribution in [3.8, 4) is 23.0 Å². The number of imide groups is 1. The van der Waals surface area contributed by atoms with Gasteiger partial charge in [-0.25, -0.2) is 14.1 Å². The lowest BCUT2D eigenvalue weighted by atomic mass is 10.1. The van der Waals surface area contributed by atoms with Gasteiger partial charge in [0.15, 0.2) is 23.1 Å². The molecule has 0 unspecified atom stereocenters. The summed E-state index contributed by atoms with van der Waals surface area (Å²) >= 11 is 3.23. The Morgan fingerprint density at radius 1 is 0.950 bits per heavy atom. The molecule has 206 valence electrons. The number of hydrogen-bond donors (Lipinski definition) is 0. The van der Waals surface area contributed by atoms with E-state index in [2.05, 4.69) is 25.9 Å². The standard InChI is InChI=1S/C26H17BrF4N4O5/c1-38-21-8-16-19(9-22(21)39-2)33-4-3-20(16)40-24-17(27)6-14(7-18(24)28)35-23(36)12-34(25(35)37)15-5-13(10-32-11-15)26(29,30)31/h3-11H,12H2,1-2H3. The Morgan fingerprint density at radius 2 is 1.68 bits per heavy atom. The van der Waals surface area contributed by atoms with E-state index in [0.29, 0.717) is 39.6 Å². The fourth-order valence-electron chi connectivity index (χ4n) is 4.11. The zero-order chi connectivity index (χ0) is 28.8. The lowest BCUT2D eigenvalue weighted by Crippen LogP contribution is -2.33. The number of fused-ring (bicyclic) bond motifs is 1. The molecule has 3 amide bonds. The summed E-state index contributed by atoms with van der Waals surface area (Å²) in [5.74, 6) is -0.877. The molecule has 0 radical (unpaired) electrons. The molecule has 4 aromatic rings. The number of rotatable bonds is 6. The number of amides is 3. The molecule has 1 aliphatic rings. The summed E-state index contributed by atoms with van der Waals surface area (Å²) in [5.41, 5.74) is -0.980. The van der Waals surface area contributed by atoms with Crippen LogP contribution in [0, 0.1) is 5.82 Å². The van der Waals surface area contributed by atoms with Gasteiger partial charge in [0.1, 0.15) is 12.3 Å². The van der Waals surface area contributed by atoms with E-state index in [0.717, 1.165) is 17.2 Å². The SMILES string of the molecule is COc1cc2nccc(Oc3c(F)cc(N4C(=O)CN(c5cncc(C(F)(F)F)c5)C4=O)cc3Br)c2cc1OC. The topological polar surface area (TPSA) is 94.1 Å². The Balaban J connectivity index is 1.46. The number of halogens is 5. The van der Waals surface area contributed by atoms with Crippen molar-refractivity contribution in [3.63, 3.8) is 0 Å². The van der Waals surface area contributed by atoms with E-state index in [1.165, 1.54) is 32.5 Å². The number of benzene rings is 2. The minimum absolute atomic E-state index is 0.0627. The molecule has 0 N–H and O–H groups in total. The molecule has 1 saturated heterocycles. The summed E-state index contributed by atoms with van der Waals surface area (Å²) in [6.45, 7) is -0.562. The molecule has 0 spiro atoms. The number of pyridine rings is 2. The average molecular weight is 621 g/mol. The van der Waals surface area contributed by atoms with Crippen molar-refractivity contribution in [2.45, 2.75) is 6.18 Å². The smallest absolute Gasteiger partial charge is 0.417 e. The molecular formula is C26H17BrF4N4O5. The first kappa shape index (κ1) is 27.1. The number of carbonyl (C=O) groups is 2. The number of anilines is 2. The molecule has 2 aromatic carbocycles. The van der Waals surface area contributed by atoms with Gasteiger partial charge in [-0.05, 0) is 40.2 Å². The Bertz CT molecular complexity index is 1640. The van der Waals surface area contributed by atoms with Crippen molar-refractivity contribution in [1.82, 2.24) is 9.97 Å². The third-order valence-corrected chi connectivity index (χ3v) is 6.58. The lowest BCUT2D eigenvalue weighted by Gasteiger charge is -2.19. The second-order valence-electron chi connectivity index (χ2n) is 8.40. The summed E-state index contributed by atoms with van der Waals surface area (Å²) in [6.07, 6.45) is -1.60. The molecule has 0 aliphatic carbocycles. The maximum atomic E-state index is 15.4. The largest absolute Gasteiger partial charge is 0.493 e. The number of methoxy groups -OCH3 is 2. The van der Waals surface area contributed by atoms with E-state index in [1.54, 1.807) is 12.1 Å². The Kier molecular flexibility index (Phi) is 6.96. The maximum Gasteiger partial charge on any atom is 0.417 e. The van der Waals surface area contributed by atoms with Crippen LogP contribution < -0.4 is 24.0 Å². The molecule has 5 rings (SSSR count). The third-order valence-electron chi connectivity index (χ3n) is 5.99. The number of hydrogen-bond acceptors (Lipinski definition) is 7. The zero-order valence-electron chi connectivity index (χ0n) is 20.6. The Hall–Kier alpha value is -4.46. The molecule has 40 heavy (non-hydrogen) atoms. The summed E-state index contributed by atoms with van der Waals surface area (Å²) in [4.78, 5) is 35.1. The predicted molar refractivity (Wildman–Crippen MR) is 138 cm³/mol. The zero-order valence-corrected chi connectivity index (χ0v) is 22.2. The van der Waals surface area contributed by atoms with Gasteiger partial charge < -0.3 is 14.2 Å². The molecule has 3 heterocycles. The van der Waals surface area contributed by atoms with Crippen molar-refractivity contribution in [2.75, 3.05) is 30.6 Å². The minimum Gasteiger partial charge on any atom is -0.493 e. The second-order valence-corrected chi connectivity index (χ2v) is 9.26. The summed E-state index contributed by atoms with van der Waals surface area (Å²) < 4.78 is 71.2. The highest BCUT2D eigenvalue weighted by Gasteiger charge is 2.40. The van der Waals surface area contributed by atoms with Crippen LogP contribution in [-0.2, 0) is 11.0 Å². The highest BCUT2D eigenvalue weighted by atomic mass is 79.9. The van der Waals surface area contributed by atoms with Gasteiger partial charge in [0.05, 0.1) is 47.3 Å². The van der Waals surface area contributed by atoms with Crippen LogP contribution >= 0.6 is 15.9 Å². The van der Waals surface area contributed by atoms with Crippen LogP contribution in [0.1, 0.15) is 5.56 Å². The highest BCUT2D eigenvalue weighted by molar-refractivity contribution is 9.10. The molecule has 0 atom stereocenters. The first-order valence-electron chi connectivity index (χ1n) is 11.4. The van der Waals surface area contributed by atoms with Crippen molar-refractivity contribution in [2.24, 2.45) is 0 Å². The van der Waals surface area contributed by atoms with Crippen LogP contribution in [-0.4, -0.2) is 42.7 Å². The van der Waals surface area contributed by atoms with Crippen molar-refractivity contribution in [3.05, 3.63) is 70.8 Å². The first-order valence-corrected chi connectivity index (χ1v) is 12.2. The molecule has 1 aliphatic heterocycles. The van der Waals surface area contributed by atoms with Gasteiger partial charge in [-0.3, -0.25) is 19.7 Å². The number of ether oxygens (including phenoxy) is 3. The summed E-state index contributed by atoms with van der Waals surface area (Å²) in [7, 11) is 2.94. The molecule has 1 fully saturated rings. The minimum atomic E-state index is -4.70. The van der Waals surface area contributed by atoms with Crippen LogP contribution in [0.4, 0.5) is 33.7 Å². The van der Waals surface area contributed by atoms with E-state index in [1.807, 2.05) is 0 Å². The second kappa shape index (κ2) is 10.3. The van der Waals surface area contributed by atoms with E-state index >= 15 is 4.39 Å². The number of urea groups is 1. The van der Waals surface area contributed by atoms with Gasteiger partial charge in [0.25, 0.3) is 5.91 Å². The summed E-state index contributed by atoms with van der Waals surface area (Å²) in [6, 6.07) is 6.71. The van der Waals surface area contributed by atoms with E-state index in [-0.39, 0.29) is 27.3 Å².